The highest BCUT2D eigenvalue weighted by atomic mass is 16.3. The van der Waals surface area contributed by atoms with Gasteiger partial charge in [0.1, 0.15) is 5.60 Å². The molecule has 2 N–H and O–H groups in total. The van der Waals surface area contributed by atoms with Crippen molar-refractivity contribution in [2.24, 2.45) is 0 Å². The first-order valence-corrected chi connectivity index (χ1v) is 7.44. The van der Waals surface area contributed by atoms with Gasteiger partial charge in [-0.2, -0.15) is 0 Å². The van der Waals surface area contributed by atoms with Crippen LogP contribution in [0.1, 0.15) is 31.9 Å². The van der Waals surface area contributed by atoms with Gasteiger partial charge < -0.3 is 10.4 Å². The molecule has 0 radical (unpaired) electrons. The highest BCUT2D eigenvalue weighted by molar-refractivity contribution is 5.37. The van der Waals surface area contributed by atoms with Gasteiger partial charge in [0.25, 0.3) is 0 Å². The van der Waals surface area contributed by atoms with Crippen LogP contribution in [0.4, 0.5) is 0 Å². The van der Waals surface area contributed by atoms with Gasteiger partial charge >= 0.3 is 0 Å². The van der Waals surface area contributed by atoms with Gasteiger partial charge in [-0.3, -0.25) is 0 Å². The van der Waals surface area contributed by atoms with E-state index in [0.717, 1.165) is 18.7 Å². The molecule has 0 unspecified atom stereocenters. The highest BCUT2D eigenvalue weighted by Gasteiger charge is 2.05. The van der Waals surface area contributed by atoms with Crippen LogP contribution in [-0.2, 0) is 6.54 Å². The maximum absolute atomic E-state index is 9.59. The monoisotopic (exact) mass is 295 g/mol. The fraction of sp³-hybridized carbons (Fsp3) is 0.300. The Kier molecular flexibility index (Phi) is 7.39. The van der Waals surface area contributed by atoms with Crippen molar-refractivity contribution in [3.8, 4) is 11.8 Å². The molecule has 0 atom stereocenters. The van der Waals surface area contributed by atoms with Crippen molar-refractivity contribution in [2.45, 2.75) is 32.9 Å². The molecule has 0 aromatic heterocycles. The van der Waals surface area contributed by atoms with Gasteiger partial charge in [0.15, 0.2) is 0 Å². The van der Waals surface area contributed by atoms with E-state index < -0.39 is 5.60 Å². The summed E-state index contributed by atoms with van der Waals surface area (Å²) in [5.41, 5.74) is 2.35. The molecule has 0 bridgehead atoms. The minimum atomic E-state index is -0.957. The van der Waals surface area contributed by atoms with Crippen molar-refractivity contribution in [3.63, 3.8) is 0 Å². The van der Waals surface area contributed by atoms with Gasteiger partial charge in [0.05, 0.1) is 0 Å². The molecule has 0 aliphatic heterocycles. The van der Waals surface area contributed by atoms with Gasteiger partial charge in [0, 0.05) is 18.7 Å². The first-order valence-electron chi connectivity index (χ1n) is 7.44. The summed E-state index contributed by atoms with van der Waals surface area (Å²) in [5, 5.41) is 13.0. The number of benzene rings is 1. The first kappa shape index (κ1) is 18.0. The molecule has 2 nitrogen and oxygen atoms in total. The van der Waals surface area contributed by atoms with Crippen molar-refractivity contribution in [2.75, 3.05) is 6.54 Å². The lowest BCUT2D eigenvalue weighted by Gasteiger charge is -2.07. The second-order valence-electron chi connectivity index (χ2n) is 5.59. The maximum Gasteiger partial charge on any atom is 0.120 e. The Labute approximate surface area is 134 Å². The van der Waals surface area contributed by atoms with Crippen LogP contribution >= 0.6 is 0 Å². The lowest BCUT2D eigenvalue weighted by atomic mass is 10.1. The van der Waals surface area contributed by atoms with Crippen molar-refractivity contribution < 1.29 is 5.11 Å². The average Bonchev–Trinajstić information content (AvgIpc) is 2.46. The van der Waals surface area contributed by atoms with Gasteiger partial charge in [-0.05, 0) is 44.0 Å². The van der Waals surface area contributed by atoms with Crippen LogP contribution in [0.2, 0.25) is 0 Å². The van der Waals surface area contributed by atoms with E-state index in [2.05, 4.69) is 29.8 Å². The molecule has 0 aliphatic rings. The molecule has 0 saturated heterocycles. The van der Waals surface area contributed by atoms with E-state index in [1.165, 1.54) is 11.1 Å². The van der Waals surface area contributed by atoms with Crippen LogP contribution < -0.4 is 5.32 Å². The summed E-state index contributed by atoms with van der Waals surface area (Å²) in [4.78, 5) is 0. The Morgan fingerprint density at radius 3 is 2.55 bits per heavy atom. The third-order valence-electron chi connectivity index (χ3n) is 2.84. The summed E-state index contributed by atoms with van der Waals surface area (Å²) < 4.78 is 0. The minimum Gasteiger partial charge on any atom is -0.378 e. The Morgan fingerprint density at radius 2 is 2.00 bits per heavy atom. The fourth-order valence-corrected chi connectivity index (χ4v) is 1.82. The Bertz CT molecular complexity index is 589. The summed E-state index contributed by atoms with van der Waals surface area (Å²) in [6, 6.07) is 8.05. The third kappa shape index (κ3) is 7.64. The van der Waals surface area contributed by atoms with Crippen LogP contribution in [0.15, 0.2) is 60.7 Å². The Hall–Kier alpha value is -2.08. The number of nitrogens with one attached hydrogen (secondary N) is 1. The topological polar surface area (TPSA) is 32.3 Å². The van der Waals surface area contributed by atoms with E-state index >= 15 is 0 Å². The number of allylic oxidation sites excluding steroid dienone is 3. The number of aliphatic hydroxyl groups is 1. The molecule has 0 amide bonds. The molecule has 0 spiro atoms. The SMILES string of the molecule is C=C/C=C(\C=C/C)CNCc1ccc(C#CC(C)(C)O)cc1. The van der Waals surface area contributed by atoms with E-state index in [1.54, 1.807) is 19.9 Å². The molecular weight excluding hydrogens is 270 g/mol. The van der Waals surface area contributed by atoms with Crippen molar-refractivity contribution in [1.82, 2.24) is 5.32 Å². The van der Waals surface area contributed by atoms with Crippen LogP contribution in [0.25, 0.3) is 0 Å². The minimum absolute atomic E-state index is 0.797. The molecule has 2 heteroatoms. The van der Waals surface area contributed by atoms with E-state index in [9.17, 15) is 5.11 Å². The summed E-state index contributed by atoms with van der Waals surface area (Å²) in [7, 11) is 0. The number of hydrogen-bond acceptors (Lipinski definition) is 2. The van der Waals surface area contributed by atoms with Crippen LogP contribution in [0.5, 0.6) is 0 Å². The van der Waals surface area contributed by atoms with E-state index in [4.69, 9.17) is 0 Å². The zero-order valence-electron chi connectivity index (χ0n) is 13.7. The first-order chi connectivity index (χ1) is 10.4. The molecular formula is C20H25NO. The molecule has 1 aromatic rings. The lowest BCUT2D eigenvalue weighted by Crippen LogP contribution is -2.16. The summed E-state index contributed by atoms with van der Waals surface area (Å²) in [6.07, 6.45) is 7.90. The molecule has 1 rings (SSSR count). The zero-order chi connectivity index (χ0) is 16.4. The lowest BCUT2D eigenvalue weighted by molar-refractivity contribution is 0.143. The van der Waals surface area contributed by atoms with E-state index in [1.807, 2.05) is 43.3 Å². The van der Waals surface area contributed by atoms with Gasteiger partial charge in [-0.15, -0.1) is 0 Å². The molecule has 1 aromatic carbocycles. The third-order valence-corrected chi connectivity index (χ3v) is 2.84. The Morgan fingerprint density at radius 1 is 1.32 bits per heavy atom. The van der Waals surface area contributed by atoms with E-state index in [-0.39, 0.29) is 0 Å². The zero-order valence-corrected chi connectivity index (χ0v) is 13.7. The van der Waals surface area contributed by atoms with Crippen LogP contribution in [-0.4, -0.2) is 17.3 Å². The molecule has 22 heavy (non-hydrogen) atoms. The van der Waals surface area contributed by atoms with Crippen LogP contribution in [0, 0.1) is 11.8 Å². The second-order valence-corrected chi connectivity index (χ2v) is 5.59. The summed E-state index contributed by atoms with van der Waals surface area (Å²) >= 11 is 0. The largest absolute Gasteiger partial charge is 0.378 e. The van der Waals surface area contributed by atoms with E-state index in [0.29, 0.717) is 0 Å². The second kappa shape index (κ2) is 9.04. The van der Waals surface area contributed by atoms with Gasteiger partial charge in [-0.1, -0.05) is 54.9 Å². The quantitative estimate of drug-likeness (QED) is 0.621. The molecule has 0 saturated carbocycles. The molecule has 0 heterocycles. The smallest absolute Gasteiger partial charge is 0.120 e. The summed E-state index contributed by atoms with van der Waals surface area (Å²) in [6.45, 7) is 10.7. The predicted octanol–water partition coefficient (Wildman–Crippen LogP) is 3.59. The molecule has 0 aliphatic carbocycles. The average molecular weight is 295 g/mol. The number of rotatable bonds is 6. The van der Waals surface area contributed by atoms with Crippen molar-refractivity contribution >= 4 is 0 Å². The van der Waals surface area contributed by atoms with Crippen molar-refractivity contribution in [1.29, 1.82) is 0 Å². The predicted molar refractivity (Wildman–Crippen MR) is 94.4 cm³/mol. The Balaban J connectivity index is 2.56. The standard InChI is InChI=1S/C20H25NO/c1-5-7-18(8-6-2)15-21-16-19-11-9-17(10-12-19)13-14-20(3,4)22/h5-12,21-22H,1,15-16H2,2-4H3/b8-6-,18-7+. The van der Waals surface area contributed by atoms with Gasteiger partial charge in [0.2, 0.25) is 0 Å². The van der Waals surface area contributed by atoms with Crippen LogP contribution in [0.3, 0.4) is 0 Å². The highest BCUT2D eigenvalue weighted by Crippen LogP contribution is 2.05. The molecule has 116 valence electrons. The molecule has 0 fully saturated rings. The summed E-state index contributed by atoms with van der Waals surface area (Å²) in [5.74, 6) is 5.78. The fourth-order valence-electron chi connectivity index (χ4n) is 1.82. The van der Waals surface area contributed by atoms with Gasteiger partial charge in [-0.25, -0.2) is 0 Å². The van der Waals surface area contributed by atoms with Crippen molar-refractivity contribution in [3.05, 3.63) is 71.8 Å². The maximum atomic E-state index is 9.59. The number of hydrogen-bond donors (Lipinski definition) is 2. The normalized spacial score (nSPS) is 12.1.